The number of carbonyl (C=O) groups is 1. The topological polar surface area (TPSA) is 35.5 Å². The third kappa shape index (κ3) is 3.00. The van der Waals surface area contributed by atoms with Crippen LogP contribution in [0.5, 0.6) is 5.75 Å². The number of fused-ring (bicyclic) bond motifs is 2. The summed E-state index contributed by atoms with van der Waals surface area (Å²) in [6.07, 6.45) is -0.352. The number of halogens is 2. The SMILES string of the molecule is COc1ccc(C(OC)C2c3cccc(Cl)c3C(=O)c3cccc(Cl)c32)cc1. The lowest BCUT2D eigenvalue weighted by Gasteiger charge is -2.34. The lowest BCUT2D eigenvalue weighted by molar-refractivity contribution is 0.0859. The van der Waals surface area contributed by atoms with Gasteiger partial charge in [0.25, 0.3) is 0 Å². The lowest BCUT2D eigenvalue weighted by atomic mass is 9.73. The van der Waals surface area contributed by atoms with Crippen LogP contribution in [-0.4, -0.2) is 20.0 Å². The van der Waals surface area contributed by atoms with Gasteiger partial charge in [0.05, 0.1) is 18.2 Å². The van der Waals surface area contributed by atoms with Crippen molar-refractivity contribution in [2.75, 3.05) is 14.2 Å². The first kappa shape index (κ1) is 19.0. The maximum atomic E-state index is 13.2. The predicted molar refractivity (Wildman–Crippen MR) is 111 cm³/mol. The number of ketones is 1. The fourth-order valence-corrected chi connectivity index (χ4v) is 4.51. The molecule has 1 aliphatic rings. The molecule has 0 saturated heterocycles. The van der Waals surface area contributed by atoms with Crippen LogP contribution >= 0.6 is 23.2 Å². The van der Waals surface area contributed by atoms with Crippen molar-refractivity contribution in [1.82, 2.24) is 0 Å². The Balaban J connectivity index is 1.96. The second kappa shape index (κ2) is 7.59. The van der Waals surface area contributed by atoms with E-state index in [1.54, 1.807) is 38.5 Å². The van der Waals surface area contributed by atoms with E-state index in [1.165, 1.54) is 0 Å². The molecule has 4 rings (SSSR count). The molecule has 0 N–H and O–H groups in total. The summed E-state index contributed by atoms with van der Waals surface area (Å²) < 4.78 is 11.2. The van der Waals surface area contributed by atoms with Crippen molar-refractivity contribution in [3.05, 3.63) is 98.5 Å². The van der Waals surface area contributed by atoms with Gasteiger partial charge in [0.15, 0.2) is 5.78 Å². The van der Waals surface area contributed by atoms with E-state index in [4.69, 9.17) is 32.7 Å². The average Bonchev–Trinajstić information content (AvgIpc) is 2.71. The minimum atomic E-state index is -0.352. The van der Waals surface area contributed by atoms with Crippen LogP contribution in [0.25, 0.3) is 0 Å². The van der Waals surface area contributed by atoms with E-state index in [-0.39, 0.29) is 17.8 Å². The van der Waals surface area contributed by atoms with Gasteiger partial charge in [-0.1, -0.05) is 59.6 Å². The van der Waals surface area contributed by atoms with Crippen molar-refractivity contribution in [3.63, 3.8) is 0 Å². The highest BCUT2D eigenvalue weighted by Gasteiger charge is 2.39. The summed E-state index contributed by atoms with van der Waals surface area (Å²) in [6.45, 7) is 0. The second-order valence-electron chi connectivity index (χ2n) is 6.64. The Hall–Kier alpha value is -2.33. The number of rotatable bonds is 4. The summed E-state index contributed by atoms with van der Waals surface area (Å²) in [6, 6.07) is 18.6. The Morgan fingerprint density at radius 3 is 2.25 bits per heavy atom. The zero-order valence-corrected chi connectivity index (χ0v) is 16.9. The molecule has 0 aromatic heterocycles. The molecular weight excluding hydrogens is 395 g/mol. The maximum absolute atomic E-state index is 13.2. The molecule has 0 amide bonds. The van der Waals surface area contributed by atoms with Crippen molar-refractivity contribution >= 4 is 29.0 Å². The third-order valence-electron chi connectivity index (χ3n) is 5.22. The van der Waals surface area contributed by atoms with E-state index in [1.807, 2.05) is 36.4 Å². The molecular formula is C23H18Cl2O3. The van der Waals surface area contributed by atoms with Gasteiger partial charge >= 0.3 is 0 Å². The van der Waals surface area contributed by atoms with Crippen LogP contribution in [0.2, 0.25) is 10.0 Å². The second-order valence-corrected chi connectivity index (χ2v) is 7.46. The standard InChI is InChI=1S/C23H18Cl2O3/c1-27-14-11-9-13(10-12-14)23(28-2)21-15-5-3-8-18(25)20(15)22(26)16-6-4-7-17(24)19(16)21/h3-12,21,23H,1-2H3. The van der Waals surface area contributed by atoms with Gasteiger partial charge in [0.2, 0.25) is 0 Å². The van der Waals surface area contributed by atoms with Crippen LogP contribution in [-0.2, 0) is 4.74 Å². The molecule has 3 aromatic carbocycles. The first-order valence-corrected chi connectivity index (χ1v) is 9.60. The fraction of sp³-hybridized carbons (Fsp3) is 0.174. The first-order valence-electron chi connectivity index (χ1n) is 8.85. The highest BCUT2D eigenvalue weighted by atomic mass is 35.5. The van der Waals surface area contributed by atoms with E-state index in [9.17, 15) is 4.79 Å². The number of hydrogen-bond donors (Lipinski definition) is 0. The molecule has 142 valence electrons. The monoisotopic (exact) mass is 412 g/mol. The quantitative estimate of drug-likeness (QED) is 0.521. The van der Waals surface area contributed by atoms with Crippen molar-refractivity contribution in [2.24, 2.45) is 0 Å². The van der Waals surface area contributed by atoms with Gasteiger partial charge in [-0.05, 0) is 41.0 Å². The Bertz CT molecular complexity index is 1040. The summed E-state index contributed by atoms with van der Waals surface area (Å²) in [7, 11) is 3.29. The van der Waals surface area contributed by atoms with E-state index < -0.39 is 0 Å². The summed E-state index contributed by atoms with van der Waals surface area (Å²) in [5, 5.41) is 0.972. The third-order valence-corrected chi connectivity index (χ3v) is 5.86. The van der Waals surface area contributed by atoms with Crippen LogP contribution in [0.1, 0.15) is 44.6 Å². The van der Waals surface area contributed by atoms with Gasteiger partial charge in [-0.15, -0.1) is 0 Å². The number of carbonyl (C=O) groups excluding carboxylic acids is 1. The molecule has 0 bridgehead atoms. The normalized spacial score (nSPS) is 16.3. The van der Waals surface area contributed by atoms with Crippen LogP contribution in [0.15, 0.2) is 60.7 Å². The zero-order chi connectivity index (χ0) is 19.8. The van der Waals surface area contributed by atoms with E-state index in [0.29, 0.717) is 21.2 Å². The maximum Gasteiger partial charge on any atom is 0.195 e. The fourth-order valence-electron chi connectivity index (χ4n) is 3.95. The molecule has 0 saturated carbocycles. The summed E-state index contributed by atoms with van der Waals surface area (Å²) in [5.74, 6) is 0.381. The smallest absolute Gasteiger partial charge is 0.195 e. The lowest BCUT2D eigenvalue weighted by Crippen LogP contribution is -2.25. The van der Waals surface area contributed by atoms with Gasteiger partial charge in [-0.25, -0.2) is 0 Å². The summed E-state index contributed by atoms with van der Waals surface area (Å²) in [5.41, 5.74) is 3.62. The van der Waals surface area contributed by atoms with Crippen LogP contribution in [0, 0.1) is 0 Å². The Morgan fingerprint density at radius 1 is 0.893 bits per heavy atom. The average molecular weight is 413 g/mol. The molecule has 3 nitrogen and oxygen atoms in total. The molecule has 5 heteroatoms. The van der Waals surface area contributed by atoms with Gasteiger partial charge in [-0.2, -0.15) is 0 Å². The summed E-state index contributed by atoms with van der Waals surface area (Å²) >= 11 is 13.0. The molecule has 0 fully saturated rings. The molecule has 1 aliphatic carbocycles. The molecule has 0 radical (unpaired) electrons. The van der Waals surface area contributed by atoms with Crippen molar-refractivity contribution in [1.29, 1.82) is 0 Å². The number of hydrogen-bond acceptors (Lipinski definition) is 3. The molecule has 2 atom stereocenters. The van der Waals surface area contributed by atoms with Crippen LogP contribution in [0.3, 0.4) is 0 Å². The number of ether oxygens (including phenoxy) is 2. The predicted octanol–water partition coefficient (Wildman–Crippen LogP) is 6.07. The molecule has 0 aliphatic heterocycles. The first-order chi connectivity index (χ1) is 13.6. The number of methoxy groups -OCH3 is 2. The number of benzene rings is 3. The van der Waals surface area contributed by atoms with E-state index >= 15 is 0 Å². The van der Waals surface area contributed by atoms with Gasteiger partial charge < -0.3 is 9.47 Å². The van der Waals surface area contributed by atoms with Crippen LogP contribution in [0.4, 0.5) is 0 Å². The Kier molecular flexibility index (Phi) is 5.15. The van der Waals surface area contributed by atoms with E-state index in [2.05, 4.69) is 0 Å². The molecule has 3 aromatic rings. The molecule has 28 heavy (non-hydrogen) atoms. The van der Waals surface area contributed by atoms with Gasteiger partial charge in [-0.3, -0.25) is 4.79 Å². The van der Waals surface area contributed by atoms with Gasteiger partial charge in [0.1, 0.15) is 5.75 Å². The van der Waals surface area contributed by atoms with Crippen molar-refractivity contribution < 1.29 is 14.3 Å². The highest BCUT2D eigenvalue weighted by Crippen LogP contribution is 2.49. The Labute approximate surface area is 173 Å². The van der Waals surface area contributed by atoms with Crippen LogP contribution < -0.4 is 4.74 Å². The summed E-state index contributed by atoms with van der Waals surface area (Å²) in [4.78, 5) is 13.2. The minimum Gasteiger partial charge on any atom is -0.497 e. The van der Waals surface area contributed by atoms with Crippen molar-refractivity contribution in [3.8, 4) is 5.75 Å². The highest BCUT2D eigenvalue weighted by molar-refractivity contribution is 6.36. The van der Waals surface area contributed by atoms with Gasteiger partial charge in [0, 0.05) is 29.2 Å². The largest absolute Gasteiger partial charge is 0.497 e. The zero-order valence-electron chi connectivity index (χ0n) is 15.4. The molecule has 0 heterocycles. The van der Waals surface area contributed by atoms with E-state index in [0.717, 1.165) is 22.4 Å². The van der Waals surface area contributed by atoms with Crippen molar-refractivity contribution in [2.45, 2.75) is 12.0 Å². The molecule has 2 unspecified atom stereocenters. The minimum absolute atomic E-state index is 0.112. The molecule has 0 spiro atoms. The Morgan fingerprint density at radius 2 is 1.57 bits per heavy atom.